The number of aromatic nitrogens is 3. The Morgan fingerprint density at radius 3 is 2.52 bits per heavy atom. The molecule has 7 heteroatoms. The van der Waals surface area contributed by atoms with Crippen molar-refractivity contribution in [1.82, 2.24) is 24.8 Å². The Kier molecular flexibility index (Phi) is 4.80. The number of amides is 1. The van der Waals surface area contributed by atoms with E-state index in [1.807, 2.05) is 11.8 Å². The van der Waals surface area contributed by atoms with E-state index in [9.17, 15) is 9.59 Å². The molecule has 0 aromatic carbocycles. The molecule has 2 fully saturated rings. The molecule has 2 aromatic rings. The number of carbonyl (C=O) groups excluding carboxylic acids is 1. The first-order valence-electron chi connectivity index (χ1n) is 10.1. The number of fused-ring (bicyclic) bond motifs is 1. The molecule has 4 rings (SSSR count). The Morgan fingerprint density at radius 2 is 1.85 bits per heavy atom. The SMILES string of the molecule is Cc1nn2c(C3CCNCC3)cc(=O)[nH]c2c1C(=O)N1CC(C)CC(C)C1. The first kappa shape index (κ1) is 18.2. The van der Waals surface area contributed by atoms with E-state index in [-0.39, 0.29) is 17.4 Å². The van der Waals surface area contributed by atoms with Gasteiger partial charge in [0.15, 0.2) is 0 Å². The Morgan fingerprint density at radius 1 is 1.19 bits per heavy atom. The van der Waals surface area contributed by atoms with Crippen molar-refractivity contribution in [1.29, 1.82) is 0 Å². The molecule has 2 aliphatic rings. The van der Waals surface area contributed by atoms with Crippen molar-refractivity contribution in [2.45, 2.75) is 46.0 Å². The minimum atomic E-state index is -0.162. The molecule has 2 aliphatic heterocycles. The zero-order chi connectivity index (χ0) is 19.1. The summed E-state index contributed by atoms with van der Waals surface area (Å²) in [7, 11) is 0. The van der Waals surface area contributed by atoms with E-state index in [1.165, 1.54) is 0 Å². The van der Waals surface area contributed by atoms with Crippen LogP contribution in [0.3, 0.4) is 0 Å². The van der Waals surface area contributed by atoms with E-state index in [0.29, 0.717) is 28.7 Å². The van der Waals surface area contributed by atoms with Gasteiger partial charge < -0.3 is 15.2 Å². The van der Waals surface area contributed by atoms with Gasteiger partial charge in [0, 0.05) is 25.1 Å². The maximum Gasteiger partial charge on any atom is 0.259 e. The van der Waals surface area contributed by atoms with Crippen LogP contribution in [0.2, 0.25) is 0 Å². The number of nitrogens with one attached hydrogen (secondary N) is 2. The third kappa shape index (κ3) is 3.40. The minimum absolute atomic E-state index is 0.0148. The standard InChI is InChI=1S/C20H29N5O2/c1-12-8-13(2)11-24(10-12)20(27)18-14(3)23-25-16(9-17(26)22-19(18)25)15-4-6-21-7-5-15/h9,12-13,15,21H,4-8,10-11H2,1-3H3,(H,22,26). The smallest absolute Gasteiger partial charge is 0.259 e. The maximum absolute atomic E-state index is 13.3. The molecule has 0 saturated carbocycles. The summed E-state index contributed by atoms with van der Waals surface area (Å²) in [5, 5.41) is 8.02. The molecular weight excluding hydrogens is 342 g/mol. The van der Waals surface area contributed by atoms with E-state index in [1.54, 1.807) is 10.6 Å². The van der Waals surface area contributed by atoms with Crippen LogP contribution in [0.5, 0.6) is 0 Å². The third-order valence-electron chi connectivity index (χ3n) is 5.95. The Bertz CT molecular complexity index is 899. The molecule has 27 heavy (non-hydrogen) atoms. The Labute approximate surface area is 159 Å². The molecular formula is C20H29N5O2. The normalized spacial score (nSPS) is 24.5. The summed E-state index contributed by atoms with van der Waals surface area (Å²) in [5.74, 6) is 1.25. The van der Waals surface area contributed by atoms with Crippen LogP contribution in [0, 0.1) is 18.8 Å². The second-order valence-electron chi connectivity index (χ2n) is 8.46. The van der Waals surface area contributed by atoms with Crippen LogP contribution in [0.25, 0.3) is 5.65 Å². The van der Waals surface area contributed by atoms with Gasteiger partial charge in [-0.05, 0) is 51.1 Å². The monoisotopic (exact) mass is 371 g/mol. The zero-order valence-corrected chi connectivity index (χ0v) is 16.4. The fraction of sp³-hybridized carbons (Fsp3) is 0.650. The van der Waals surface area contributed by atoms with Crippen molar-refractivity contribution >= 4 is 11.6 Å². The third-order valence-corrected chi connectivity index (χ3v) is 5.95. The number of carbonyl (C=O) groups is 1. The number of likely N-dealkylation sites (tertiary alicyclic amines) is 1. The molecule has 0 radical (unpaired) electrons. The van der Waals surface area contributed by atoms with Crippen molar-refractivity contribution in [2.24, 2.45) is 11.8 Å². The topological polar surface area (TPSA) is 82.5 Å². The average molecular weight is 371 g/mol. The lowest BCUT2D eigenvalue weighted by Gasteiger charge is -2.35. The molecule has 2 aromatic heterocycles. The number of H-pyrrole nitrogens is 1. The van der Waals surface area contributed by atoms with Crippen LogP contribution in [0.4, 0.5) is 0 Å². The lowest BCUT2D eigenvalue weighted by atomic mass is 9.91. The molecule has 4 heterocycles. The number of aromatic amines is 1. The van der Waals surface area contributed by atoms with Gasteiger partial charge in [0.2, 0.25) is 0 Å². The first-order chi connectivity index (χ1) is 12.9. The van der Waals surface area contributed by atoms with Crippen LogP contribution in [0.15, 0.2) is 10.9 Å². The summed E-state index contributed by atoms with van der Waals surface area (Å²) in [4.78, 5) is 30.5. The fourth-order valence-electron chi connectivity index (χ4n) is 4.83. The molecule has 2 unspecified atom stereocenters. The zero-order valence-electron chi connectivity index (χ0n) is 16.4. The number of nitrogens with zero attached hydrogens (tertiary/aromatic N) is 3. The van der Waals surface area contributed by atoms with Gasteiger partial charge in [-0.2, -0.15) is 5.10 Å². The van der Waals surface area contributed by atoms with Crippen LogP contribution < -0.4 is 10.9 Å². The van der Waals surface area contributed by atoms with Gasteiger partial charge in [-0.1, -0.05) is 13.8 Å². The quantitative estimate of drug-likeness (QED) is 0.845. The van der Waals surface area contributed by atoms with Crippen molar-refractivity contribution in [2.75, 3.05) is 26.2 Å². The Balaban J connectivity index is 1.77. The van der Waals surface area contributed by atoms with Crippen molar-refractivity contribution < 1.29 is 4.79 Å². The van der Waals surface area contributed by atoms with Gasteiger partial charge in [-0.15, -0.1) is 0 Å². The highest BCUT2D eigenvalue weighted by Gasteiger charge is 2.30. The number of aryl methyl sites for hydroxylation is 1. The number of hydrogen-bond acceptors (Lipinski definition) is 4. The predicted octanol–water partition coefficient (Wildman–Crippen LogP) is 1.92. The molecule has 0 bridgehead atoms. The first-order valence-corrected chi connectivity index (χ1v) is 10.1. The molecule has 2 N–H and O–H groups in total. The highest BCUT2D eigenvalue weighted by Crippen LogP contribution is 2.28. The van der Waals surface area contributed by atoms with Crippen LogP contribution in [-0.4, -0.2) is 51.6 Å². The van der Waals surface area contributed by atoms with Gasteiger partial charge in [-0.25, -0.2) is 4.52 Å². The van der Waals surface area contributed by atoms with E-state index in [4.69, 9.17) is 0 Å². The minimum Gasteiger partial charge on any atom is -0.338 e. The molecule has 146 valence electrons. The molecule has 2 atom stereocenters. The van der Waals surface area contributed by atoms with Gasteiger partial charge in [0.05, 0.1) is 11.4 Å². The lowest BCUT2D eigenvalue weighted by Crippen LogP contribution is -2.42. The summed E-state index contributed by atoms with van der Waals surface area (Å²) in [6.07, 6.45) is 3.10. The summed E-state index contributed by atoms with van der Waals surface area (Å²) >= 11 is 0. The number of rotatable bonds is 2. The lowest BCUT2D eigenvalue weighted by molar-refractivity contribution is 0.0624. The van der Waals surface area contributed by atoms with Crippen molar-refractivity contribution in [3.8, 4) is 0 Å². The molecule has 0 aliphatic carbocycles. The van der Waals surface area contributed by atoms with E-state index in [0.717, 1.165) is 51.1 Å². The van der Waals surface area contributed by atoms with Crippen LogP contribution in [0.1, 0.15) is 60.8 Å². The predicted molar refractivity (Wildman–Crippen MR) is 104 cm³/mol. The molecule has 1 amide bonds. The summed E-state index contributed by atoms with van der Waals surface area (Å²) in [6.45, 7) is 9.65. The largest absolute Gasteiger partial charge is 0.338 e. The second-order valence-corrected chi connectivity index (χ2v) is 8.46. The van der Waals surface area contributed by atoms with Gasteiger partial charge >= 0.3 is 0 Å². The van der Waals surface area contributed by atoms with Gasteiger partial charge in [0.1, 0.15) is 11.2 Å². The van der Waals surface area contributed by atoms with Gasteiger partial charge in [0.25, 0.3) is 11.5 Å². The van der Waals surface area contributed by atoms with E-state index < -0.39 is 0 Å². The average Bonchev–Trinajstić information content (AvgIpc) is 2.96. The number of hydrogen-bond donors (Lipinski definition) is 2. The van der Waals surface area contributed by atoms with E-state index in [2.05, 4.69) is 29.2 Å². The summed E-state index contributed by atoms with van der Waals surface area (Å²) < 4.78 is 1.80. The molecule has 0 spiro atoms. The maximum atomic E-state index is 13.3. The van der Waals surface area contributed by atoms with Gasteiger partial charge in [-0.3, -0.25) is 9.59 Å². The highest BCUT2D eigenvalue weighted by atomic mass is 16.2. The number of piperidine rings is 2. The second kappa shape index (κ2) is 7.11. The molecule has 7 nitrogen and oxygen atoms in total. The highest BCUT2D eigenvalue weighted by molar-refractivity contribution is 6.01. The van der Waals surface area contributed by atoms with Crippen LogP contribution in [-0.2, 0) is 0 Å². The van der Waals surface area contributed by atoms with Crippen molar-refractivity contribution in [3.63, 3.8) is 0 Å². The molecule has 2 saturated heterocycles. The summed E-state index contributed by atoms with van der Waals surface area (Å²) in [5.41, 5.74) is 2.53. The summed E-state index contributed by atoms with van der Waals surface area (Å²) in [6, 6.07) is 1.65. The fourth-order valence-corrected chi connectivity index (χ4v) is 4.83. The van der Waals surface area contributed by atoms with E-state index >= 15 is 0 Å². The Hall–Kier alpha value is -2.15. The van der Waals surface area contributed by atoms with Crippen molar-refractivity contribution in [3.05, 3.63) is 33.4 Å². The van der Waals surface area contributed by atoms with Crippen LogP contribution >= 0.6 is 0 Å².